The smallest absolute Gasteiger partial charge is 0.326 e. The molecule has 4 atom stereocenters. The number of carboxylic acids is 2. The van der Waals surface area contributed by atoms with Gasteiger partial charge in [-0.2, -0.15) is 0 Å². The second kappa shape index (κ2) is 16.6. The van der Waals surface area contributed by atoms with Gasteiger partial charge in [-0.05, 0) is 25.7 Å². The van der Waals surface area contributed by atoms with Crippen LogP contribution in [0.25, 0.3) is 0 Å². The Labute approximate surface area is 206 Å². The Balaban J connectivity index is 5.37. The Morgan fingerprint density at radius 2 is 1.31 bits per heavy atom. The molecule has 0 aliphatic rings. The second-order valence-corrected chi connectivity index (χ2v) is 7.70. The minimum atomic E-state index is -1.61. The predicted molar refractivity (Wildman–Crippen MR) is 124 cm³/mol. The summed E-state index contributed by atoms with van der Waals surface area (Å²) in [5, 5.41) is 34.1. The van der Waals surface area contributed by atoms with E-state index in [1.54, 1.807) is 0 Å². The van der Waals surface area contributed by atoms with Crippen molar-refractivity contribution in [2.75, 3.05) is 13.2 Å². The summed E-state index contributed by atoms with van der Waals surface area (Å²) in [5.41, 5.74) is 21.1. The zero-order chi connectivity index (χ0) is 27.8. The molecule has 0 saturated heterocycles. The molecule has 0 spiro atoms. The summed E-state index contributed by atoms with van der Waals surface area (Å²) in [6.45, 7) is -0.830. The van der Waals surface area contributed by atoms with Gasteiger partial charge in [0.25, 0.3) is 0 Å². The lowest BCUT2D eigenvalue weighted by molar-refractivity contribution is -0.143. The van der Waals surface area contributed by atoms with E-state index in [0.717, 1.165) is 0 Å². The van der Waals surface area contributed by atoms with E-state index in [1.165, 1.54) is 0 Å². The van der Waals surface area contributed by atoms with Crippen molar-refractivity contribution in [1.29, 1.82) is 0 Å². The molecule has 0 aromatic carbocycles. The fourth-order valence-corrected chi connectivity index (χ4v) is 2.74. The first kappa shape index (κ1) is 32.0. The molecule has 0 saturated carbocycles. The molecule has 204 valence electrons. The standard InChI is InChI=1S/C19H34N8O9/c20-9(3-6-14(30)31)15(32)25-10(2-1-7-24-19(22)23)16(33)27-12(8-28)17(34)26-11(18(35)36)4-5-13(21)29/h9-12,28H,1-8,20H2,(H2,21,29)(H,25,32)(H,26,34)(H,27,33)(H,30,31)(H,35,36)(H4,22,23,24). The van der Waals surface area contributed by atoms with Crippen molar-refractivity contribution >= 4 is 41.5 Å². The van der Waals surface area contributed by atoms with Gasteiger partial charge in [0.1, 0.15) is 18.1 Å². The van der Waals surface area contributed by atoms with Gasteiger partial charge in [-0.3, -0.25) is 29.0 Å². The van der Waals surface area contributed by atoms with Crippen LogP contribution in [-0.4, -0.2) is 94.2 Å². The molecule has 14 N–H and O–H groups in total. The molecule has 0 rings (SSSR count). The van der Waals surface area contributed by atoms with E-state index < -0.39 is 66.3 Å². The number of hydrogen-bond donors (Lipinski definition) is 10. The van der Waals surface area contributed by atoms with Crippen LogP contribution in [0, 0.1) is 0 Å². The number of nitrogens with two attached hydrogens (primary N) is 4. The number of carbonyl (C=O) groups is 6. The van der Waals surface area contributed by atoms with Crippen LogP contribution in [-0.2, 0) is 28.8 Å². The van der Waals surface area contributed by atoms with E-state index in [9.17, 15) is 39.0 Å². The maximum atomic E-state index is 12.8. The molecule has 17 heteroatoms. The predicted octanol–water partition coefficient (Wildman–Crippen LogP) is -4.97. The third-order valence-corrected chi connectivity index (χ3v) is 4.69. The van der Waals surface area contributed by atoms with Crippen molar-refractivity contribution in [3.05, 3.63) is 0 Å². The number of rotatable bonds is 18. The number of amides is 4. The number of nitrogens with zero attached hydrogens (tertiary/aromatic N) is 1. The largest absolute Gasteiger partial charge is 0.481 e. The van der Waals surface area contributed by atoms with Crippen molar-refractivity contribution in [3.8, 4) is 0 Å². The van der Waals surface area contributed by atoms with Crippen LogP contribution in [0.2, 0.25) is 0 Å². The average Bonchev–Trinajstić information content (AvgIpc) is 2.79. The number of nitrogens with one attached hydrogen (secondary N) is 3. The molecule has 0 aromatic heterocycles. The van der Waals surface area contributed by atoms with Crippen molar-refractivity contribution in [2.24, 2.45) is 27.9 Å². The Hall–Kier alpha value is -3.99. The van der Waals surface area contributed by atoms with Gasteiger partial charge in [-0.25, -0.2) is 4.79 Å². The zero-order valence-electron chi connectivity index (χ0n) is 19.5. The van der Waals surface area contributed by atoms with Gasteiger partial charge in [0.15, 0.2) is 5.96 Å². The number of aliphatic hydroxyl groups excluding tert-OH is 1. The SMILES string of the molecule is NC(=O)CCC(NC(=O)C(CO)NC(=O)C(CCCN=C(N)N)NC(=O)C(N)CCC(=O)O)C(=O)O. The topological polar surface area (TPSA) is 316 Å². The van der Waals surface area contributed by atoms with Gasteiger partial charge in [-0.1, -0.05) is 0 Å². The quantitative estimate of drug-likeness (QED) is 0.0463. The van der Waals surface area contributed by atoms with Crippen molar-refractivity contribution < 1.29 is 44.1 Å². The lowest BCUT2D eigenvalue weighted by atomic mass is 10.1. The van der Waals surface area contributed by atoms with E-state index in [4.69, 9.17) is 28.0 Å². The number of aliphatic imine (C=N–C) groups is 1. The summed E-state index contributed by atoms with van der Waals surface area (Å²) in [6.07, 6.45) is -1.07. The highest BCUT2D eigenvalue weighted by molar-refractivity contribution is 5.94. The lowest BCUT2D eigenvalue weighted by Crippen LogP contribution is -2.58. The first-order chi connectivity index (χ1) is 16.8. The van der Waals surface area contributed by atoms with Crippen LogP contribution in [0.15, 0.2) is 4.99 Å². The molecule has 0 fully saturated rings. The number of carbonyl (C=O) groups excluding carboxylic acids is 4. The number of hydrogen-bond acceptors (Lipinski definition) is 9. The van der Waals surface area contributed by atoms with Gasteiger partial charge in [0.2, 0.25) is 23.6 Å². The fraction of sp³-hybridized carbons (Fsp3) is 0.632. The molecule has 0 bridgehead atoms. The number of guanidine groups is 1. The lowest BCUT2D eigenvalue weighted by Gasteiger charge is -2.24. The monoisotopic (exact) mass is 518 g/mol. The van der Waals surface area contributed by atoms with Crippen molar-refractivity contribution in [3.63, 3.8) is 0 Å². The third kappa shape index (κ3) is 13.7. The molecular weight excluding hydrogens is 484 g/mol. The first-order valence-corrected chi connectivity index (χ1v) is 10.8. The Bertz CT molecular complexity index is 832. The Kier molecular flexibility index (Phi) is 14.8. The Morgan fingerprint density at radius 1 is 0.750 bits per heavy atom. The van der Waals surface area contributed by atoms with Gasteiger partial charge in [0, 0.05) is 19.4 Å². The van der Waals surface area contributed by atoms with E-state index in [-0.39, 0.29) is 51.0 Å². The number of aliphatic carboxylic acids is 2. The highest BCUT2D eigenvalue weighted by Crippen LogP contribution is 2.04. The second-order valence-electron chi connectivity index (χ2n) is 7.70. The molecule has 0 aliphatic carbocycles. The van der Waals surface area contributed by atoms with Crippen LogP contribution in [0.1, 0.15) is 38.5 Å². The molecule has 0 radical (unpaired) electrons. The summed E-state index contributed by atoms with van der Waals surface area (Å²) in [6, 6.07) is -5.65. The molecule has 36 heavy (non-hydrogen) atoms. The maximum absolute atomic E-state index is 12.8. The Morgan fingerprint density at radius 3 is 1.81 bits per heavy atom. The first-order valence-electron chi connectivity index (χ1n) is 10.8. The maximum Gasteiger partial charge on any atom is 0.326 e. The molecule has 4 amide bonds. The molecule has 0 aromatic rings. The third-order valence-electron chi connectivity index (χ3n) is 4.69. The van der Waals surface area contributed by atoms with Gasteiger partial charge >= 0.3 is 11.9 Å². The number of carboxylic acid groups (broad SMARTS) is 2. The summed E-state index contributed by atoms with van der Waals surface area (Å²) in [7, 11) is 0. The van der Waals surface area contributed by atoms with E-state index in [2.05, 4.69) is 20.9 Å². The van der Waals surface area contributed by atoms with Crippen molar-refractivity contribution in [1.82, 2.24) is 16.0 Å². The molecule has 4 unspecified atom stereocenters. The summed E-state index contributed by atoms with van der Waals surface area (Å²) >= 11 is 0. The molecule has 0 heterocycles. The molecule has 0 aliphatic heterocycles. The van der Waals surface area contributed by atoms with Crippen LogP contribution in [0.4, 0.5) is 0 Å². The highest BCUT2D eigenvalue weighted by Gasteiger charge is 2.30. The highest BCUT2D eigenvalue weighted by atomic mass is 16.4. The summed E-state index contributed by atoms with van der Waals surface area (Å²) in [5.74, 6) is -6.44. The van der Waals surface area contributed by atoms with E-state index in [1.807, 2.05) is 0 Å². The van der Waals surface area contributed by atoms with Crippen LogP contribution >= 0.6 is 0 Å². The van der Waals surface area contributed by atoms with Crippen LogP contribution < -0.4 is 38.9 Å². The van der Waals surface area contributed by atoms with Gasteiger partial charge in [0.05, 0.1) is 12.6 Å². The minimum Gasteiger partial charge on any atom is -0.481 e. The minimum absolute atomic E-state index is 0.0316. The number of primary amides is 1. The van der Waals surface area contributed by atoms with Crippen LogP contribution in [0.5, 0.6) is 0 Å². The summed E-state index contributed by atoms with van der Waals surface area (Å²) in [4.78, 5) is 74.2. The van der Waals surface area contributed by atoms with E-state index in [0.29, 0.717) is 0 Å². The molecular formula is C19H34N8O9. The van der Waals surface area contributed by atoms with Crippen LogP contribution in [0.3, 0.4) is 0 Å². The zero-order valence-corrected chi connectivity index (χ0v) is 19.5. The van der Waals surface area contributed by atoms with E-state index >= 15 is 0 Å². The van der Waals surface area contributed by atoms with Crippen molar-refractivity contribution in [2.45, 2.75) is 62.7 Å². The number of aliphatic hydroxyl groups is 1. The van der Waals surface area contributed by atoms with Gasteiger partial charge < -0.3 is 54.2 Å². The normalized spacial score (nSPS) is 13.8. The molecule has 17 nitrogen and oxygen atoms in total. The summed E-state index contributed by atoms with van der Waals surface area (Å²) < 4.78 is 0. The fourth-order valence-electron chi connectivity index (χ4n) is 2.74. The van der Waals surface area contributed by atoms with Gasteiger partial charge in [-0.15, -0.1) is 0 Å². The average molecular weight is 519 g/mol.